The van der Waals surface area contributed by atoms with Crippen molar-refractivity contribution in [3.05, 3.63) is 35.9 Å². The van der Waals surface area contributed by atoms with Crippen molar-refractivity contribution in [2.24, 2.45) is 5.92 Å². The standard InChI is InChI=1S/C15H19N3O2/c19-14-13(12-6-2-1-3-7-12)17-15(20)18(14)10-11-5-4-8-16-9-11/h1-3,6-7,11,13,16H,4-5,8-10H2,(H,17,20). The molecule has 2 N–H and O–H groups in total. The van der Waals surface area contributed by atoms with Gasteiger partial charge in [0.25, 0.3) is 5.91 Å². The molecule has 0 aliphatic carbocycles. The second kappa shape index (κ2) is 5.63. The molecule has 2 unspecified atom stereocenters. The van der Waals surface area contributed by atoms with E-state index in [-0.39, 0.29) is 11.9 Å². The van der Waals surface area contributed by atoms with E-state index >= 15 is 0 Å². The summed E-state index contributed by atoms with van der Waals surface area (Å²) in [5, 5.41) is 6.09. The fourth-order valence-corrected chi connectivity index (χ4v) is 2.90. The Hall–Kier alpha value is -1.88. The van der Waals surface area contributed by atoms with Crippen LogP contribution in [0.25, 0.3) is 0 Å². The van der Waals surface area contributed by atoms with Gasteiger partial charge in [0.1, 0.15) is 6.04 Å². The van der Waals surface area contributed by atoms with Crippen LogP contribution in [0.1, 0.15) is 24.4 Å². The summed E-state index contributed by atoms with van der Waals surface area (Å²) >= 11 is 0. The number of amides is 3. The van der Waals surface area contributed by atoms with Gasteiger partial charge in [-0.1, -0.05) is 30.3 Å². The summed E-state index contributed by atoms with van der Waals surface area (Å²) in [6.45, 7) is 2.43. The minimum Gasteiger partial charge on any atom is -0.322 e. The van der Waals surface area contributed by atoms with E-state index in [4.69, 9.17) is 0 Å². The van der Waals surface area contributed by atoms with Crippen LogP contribution >= 0.6 is 0 Å². The Morgan fingerprint density at radius 2 is 2.00 bits per heavy atom. The number of imide groups is 1. The molecule has 3 amide bonds. The molecule has 2 aliphatic heterocycles. The first kappa shape index (κ1) is 13.1. The van der Waals surface area contributed by atoms with Gasteiger partial charge in [-0.3, -0.25) is 9.69 Å². The maximum absolute atomic E-state index is 12.4. The summed E-state index contributed by atoms with van der Waals surface area (Å²) in [4.78, 5) is 25.8. The van der Waals surface area contributed by atoms with Crippen molar-refractivity contribution < 1.29 is 9.59 Å². The zero-order chi connectivity index (χ0) is 13.9. The summed E-state index contributed by atoms with van der Waals surface area (Å²) in [6.07, 6.45) is 2.18. The molecule has 2 saturated heterocycles. The number of urea groups is 1. The molecule has 20 heavy (non-hydrogen) atoms. The molecule has 0 saturated carbocycles. The average Bonchev–Trinajstić information content (AvgIpc) is 2.77. The molecule has 2 fully saturated rings. The van der Waals surface area contributed by atoms with Crippen molar-refractivity contribution in [2.45, 2.75) is 18.9 Å². The Kier molecular flexibility index (Phi) is 3.69. The predicted octanol–water partition coefficient (Wildman–Crippen LogP) is 1.28. The van der Waals surface area contributed by atoms with Crippen LogP contribution in [0.3, 0.4) is 0 Å². The van der Waals surface area contributed by atoms with E-state index in [9.17, 15) is 9.59 Å². The zero-order valence-corrected chi connectivity index (χ0v) is 11.3. The normalized spacial score (nSPS) is 26.7. The van der Waals surface area contributed by atoms with E-state index in [0.29, 0.717) is 12.5 Å². The first-order chi connectivity index (χ1) is 9.75. The fraction of sp³-hybridized carbons (Fsp3) is 0.467. The fourth-order valence-electron chi connectivity index (χ4n) is 2.90. The minimum absolute atomic E-state index is 0.133. The predicted molar refractivity (Wildman–Crippen MR) is 75.0 cm³/mol. The third-order valence-corrected chi connectivity index (χ3v) is 4.00. The molecule has 0 bridgehead atoms. The summed E-state index contributed by atoms with van der Waals surface area (Å²) in [7, 11) is 0. The maximum Gasteiger partial charge on any atom is 0.325 e. The van der Waals surface area contributed by atoms with Gasteiger partial charge in [0, 0.05) is 6.54 Å². The Balaban J connectivity index is 1.70. The first-order valence-electron chi connectivity index (χ1n) is 7.13. The van der Waals surface area contributed by atoms with Gasteiger partial charge in [0.2, 0.25) is 0 Å². The largest absolute Gasteiger partial charge is 0.325 e. The highest BCUT2D eigenvalue weighted by Gasteiger charge is 2.39. The molecule has 2 aliphatic rings. The van der Waals surface area contributed by atoms with E-state index in [1.165, 1.54) is 4.90 Å². The third-order valence-electron chi connectivity index (χ3n) is 4.00. The Bertz CT molecular complexity index is 497. The van der Waals surface area contributed by atoms with Crippen LogP contribution in [-0.2, 0) is 4.79 Å². The average molecular weight is 273 g/mol. The Morgan fingerprint density at radius 3 is 2.70 bits per heavy atom. The molecular formula is C15H19N3O2. The lowest BCUT2D eigenvalue weighted by atomic mass is 9.99. The van der Waals surface area contributed by atoms with E-state index in [2.05, 4.69) is 10.6 Å². The molecule has 5 nitrogen and oxygen atoms in total. The lowest BCUT2D eigenvalue weighted by molar-refractivity contribution is -0.128. The van der Waals surface area contributed by atoms with Crippen molar-refractivity contribution >= 4 is 11.9 Å². The summed E-state index contributed by atoms with van der Waals surface area (Å²) < 4.78 is 0. The van der Waals surface area contributed by atoms with Crippen LogP contribution in [0.2, 0.25) is 0 Å². The Labute approximate surface area is 118 Å². The number of nitrogens with one attached hydrogen (secondary N) is 2. The highest BCUT2D eigenvalue weighted by Crippen LogP contribution is 2.23. The molecule has 0 radical (unpaired) electrons. The quantitative estimate of drug-likeness (QED) is 0.816. The summed E-state index contributed by atoms with van der Waals surface area (Å²) in [5.41, 5.74) is 0.843. The van der Waals surface area contributed by atoms with Crippen LogP contribution in [-0.4, -0.2) is 36.5 Å². The van der Waals surface area contributed by atoms with Crippen molar-refractivity contribution in [1.82, 2.24) is 15.5 Å². The van der Waals surface area contributed by atoms with Crippen LogP contribution in [0.5, 0.6) is 0 Å². The minimum atomic E-state index is -0.528. The van der Waals surface area contributed by atoms with Gasteiger partial charge in [0.05, 0.1) is 0 Å². The molecule has 1 aromatic carbocycles. The number of benzene rings is 1. The Morgan fingerprint density at radius 1 is 1.20 bits per heavy atom. The van der Waals surface area contributed by atoms with E-state index in [0.717, 1.165) is 31.5 Å². The van der Waals surface area contributed by atoms with Gasteiger partial charge in [0.15, 0.2) is 0 Å². The molecular weight excluding hydrogens is 254 g/mol. The topological polar surface area (TPSA) is 61.4 Å². The van der Waals surface area contributed by atoms with Crippen molar-refractivity contribution in [2.75, 3.05) is 19.6 Å². The number of piperidine rings is 1. The monoisotopic (exact) mass is 273 g/mol. The van der Waals surface area contributed by atoms with Gasteiger partial charge in [-0.25, -0.2) is 4.79 Å². The maximum atomic E-state index is 12.4. The number of carbonyl (C=O) groups excluding carboxylic acids is 2. The SMILES string of the molecule is O=C1NC(c2ccccc2)C(=O)N1CC1CCCNC1. The van der Waals surface area contributed by atoms with Crippen LogP contribution in [0.4, 0.5) is 4.79 Å². The molecule has 0 spiro atoms. The number of rotatable bonds is 3. The molecule has 2 heterocycles. The van der Waals surface area contributed by atoms with E-state index in [1.807, 2.05) is 30.3 Å². The van der Waals surface area contributed by atoms with Gasteiger partial charge in [-0.15, -0.1) is 0 Å². The smallest absolute Gasteiger partial charge is 0.322 e. The van der Waals surface area contributed by atoms with Crippen LogP contribution < -0.4 is 10.6 Å². The number of hydrogen-bond donors (Lipinski definition) is 2. The van der Waals surface area contributed by atoms with Gasteiger partial charge in [-0.05, 0) is 37.4 Å². The van der Waals surface area contributed by atoms with Crippen LogP contribution in [0.15, 0.2) is 30.3 Å². The lowest BCUT2D eigenvalue weighted by Gasteiger charge is -2.25. The van der Waals surface area contributed by atoms with Crippen LogP contribution in [0, 0.1) is 5.92 Å². The van der Waals surface area contributed by atoms with Gasteiger partial charge in [-0.2, -0.15) is 0 Å². The van der Waals surface area contributed by atoms with Gasteiger partial charge < -0.3 is 10.6 Å². The molecule has 106 valence electrons. The van der Waals surface area contributed by atoms with E-state index in [1.54, 1.807) is 0 Å². The highest BCUT2D eigenvalue weighted by molar-refractivity contribution is 6.04. The second-order valence-electron chi connectivity index (χ2n) is 5.45. The first-order valence-corrected chi connectivity index (χ1v) is 7.13. The molecule has 0 aromatic heterocycles. The molecule has 1 aromatic rings. The number of carbonyl (C=O) groups is 2. The molecule has 5 heteroatoms. The van der Waals surface area contributed by atoms with Crippen molar-refractivity contribution in [3.8, 4) is 0 Å². The zero-order valence-electron chi connectivity index (χ0n) is 11.3. The van der Waals surface area contributed by atoms with Crippen molar-refractivity contribution in [3.63, 3.8) is 0 Å². The summed E-state index contributed by atoms with van der Waals surface area (Å²) in [6, 6.07) is 8.60. The van der Waals surface area contributed by atoms with Gasteiger partial charge >= 0.3 is 6.03 Å². The van der Waals surface area contributed by atoms with Crippen molar-refractivity contribution in [1.29, 1.82) is 0 Å². The molecule has 2 atom stereocenters. The lowest BCUT2D eigenvalue weighted by Crippen LogP contribution is -2.41. The second-order valence-corrected chi connectivity index (χ2v) is 5.45. The highest BCUT2D eigenvalue weighted by atomic mass is 16.2. The van der Waals surface area contributed by atoms with E-state index < -0.39 is 6.04 Å². The number of hydrogen-bond acceptors (Lipinski definition) is 3. The third kappa shape index (κ3) is 2.54. The summed E-state index contributed by atoms with van der Waals surface area (Å²) in [5.74, 6) is 0.236. The number of nitrogens with zero attached hydrogens (tertiary/aromatic N) is 1. The molecule has 3 rings (SSSR count).